The van der Waals surface area contributed by atoms with E-state index in [-0.39, 0.29) is 0 Å². The highest BCUT2D eigenvalue weighted by atomic mass is 35.5. The molecule has 14 heavy (non-hydrogen) atoms. The zero-order chi connectivity index (χ0) is 10.1. The highest BCUT2D eigenvalue weighted by Gasteiger charge is 2.25. The monoisotopic (exact) mass is 230 g/mol. The minimum atomic E-state index is 0.338. The van der Waals surface area contributed by atoms with Crippen LogP contribution in [-0.2, 0) is 0 Å². The third-order valence-corrected chi connectivity index (χ3v) is 3.03. The standard InChI is InChI=1S/C10H12Cl2N2/c11-6-1-2-9(12)10(3-6)14-8-4-7(13)5-8/h1-3,7-8,14H,4-5,13H2. The topological polar surface area (TPSA) is 38.0 Å². The number of nitrogens with two attached hydrogens (primary N) is 1. The largest absolute Gasteiger partial charge is 0.381 e. The van der Waals surface area contributed by atoms with E-state index in [0.717, 1.165) is 18.5 Å². The van der Waals surface area contributed by atoms with Crippen LogP contribution in [0.25, 0.3) is 0 Å². The van der Waals surface area contributed by atoms with Gasteiger partial charge < -0.3 is 11.1 Å². The van der Waals surface area contributed by atoms with Crippen molar-refractivity contribution >= 4 is 28.9 Å². The maximum Gasteiger partial charge on any atom is 0.0638 e. The fraction of sp³-hybridized carbons (Fsp3) is 0.400. The lowest BCUT2D eigenvalue weighted by Crippen LogP contribution is -2.44. The molecular formula is C10H12Cl2N2. The summed E-state index contributed by atoms with van der Waals surface area (Å²) in [6.45, 7) is 0. The van der Waals surface area contributed by atoms with E-state index in [1.165, 1.54) is 0 Å². The molecule has 1 aromatic carbocycles. The maximum atomic E-state index is 6.01. The SMILES string of the molecule is NC1CC(Nc2cc(Cl)ccc2Cl)C1. The highest BCUT2D eigenvalue weighted by molar-refractivity contribution is 6.35. The van der Waals surface area contributed by atoms with E-state index in [0.29, 0.717) is 22.1 Å². The maximum absolute atomic E-state index is 6.01. The fourth-order valence-corrected chi connectivity index (χ4v) is 1.95. The van der Waals surface area contributed by atoms with Gasteiger partial charge in [-0.15, -0.1) is 0 Å². The van der Waals surface area contributed by atoms with Crippen LogP contribution in [0.15, 0.2) is 18.2 Å². The van der Waals surface area contributed by atoms with E-state index in [2.05, 4.69) is 5.32 Å². The molecule has 76 valence electrons. The van der Waals surface area contributed by atoms with E-state index in [1.807, 2.05) is 6.07 Å². The Labute approximate surface area is 93.4 Å². The predicted octanol–water partition coefficient (Wildman–Crippen LogP) is 2.90. The summed E-state index contributed by atoms with van der Waals surface area (Å²) >= 11 is 11.9. The molecule has 1 saturated carbocycles. The number of rotatable bonds is 2. The van der Waals surface area contributed by atoms with Crippen LogP contribution in [0.1, 0.15) is 12.8 Å². The molecule has 0 atom stereocenters. The lowest BCUT2D eigenvalue weighted by Gasteiger charge is -2.34. The molecule has 0 aliphatic heterocycles. The Morgan fingerprint density at radius 1 is 1.29 bits per heavy atom. The Hall–Kier alpha value is -0.440. The van der Waals surface area contributed by atoms with Crippen molar-refractivity contribution in [1.82, 2.24) is 0 Å². The number of halogens is 2. The average Bonchev–Trinajstić information content (AvgIpc) is 2.09. The van der Waals surface area contributed by atoms with Crippen LogP contribution in [0, 0.1) is 0 Å². The van der Waals surface area contributed by atoms with Crippen LogP contribution < -0.4 is 11.1 Å². The molecule has 0 amide bonds. The van der Waals surface area contributed by atoms with E-state index in [4.69, 9.17) is 28.9 Å². The Kier molecular flexibility index (Phi) is 2.86. The Morgan fingerprint density at radius 2 is 2.00 bits per heavy atom. The second kappa shape index (κ2) is 3.97. The van der Waals surface area contributed by atoms with Crippen LogP contribution in [-0.4, -0.2) is 12.1 Å². The van der Waals surface area contributed by atoms with Gasteiger partial charge >= 0.3 is 0 Å². The summed E-state index contributed by atoms with van der Waals surface area (Å²) in [4.78, 5) is 0. The van der Waals surface area contributed by atoms with Crippen LogP contribution in [0.4, 0.5) is 5.69 Å². The van der Waals surface area contributed by atoms with Crippen LogP contribution in [0.2, 0.25) is 10.0 Å². The smallest absolute Gasteiger partial charge is 0.0638 e. The van der Waals surface area contributed by atoms with Crippen molar-refractivity contribution in [2.24, 2.45) is 5.73 Å². The fourth-order valence-electron chi connectivity index (χ4n) is 1.61. The number of hydrogen-bond donors (Lipinski definition) is 2. The van der Waals surface area contributed by atoms with E-state index < -0.39 is 0 Å². The summed E-state index contributed by atoms with van der Waals surface area (Å²) in [5.74, 6) is 0. The van der Waals surface area contributed by atoms with Gasteiger partial charge in [0.15, 0.2) is 0 Å². The first-order valence-electron chi connectivity index (χ1n) is 4.62. The number of nitrogens with one attached hydrogen (secondary N) is 1. The zero-order valence-corrected chi connectivity index (χ0v) is 9.15. The molecule has 4 heteroatoms. The van der Waals surface area contributed by atoms with Gasteiger partial charge in [-0.2, -0.15) is 0 Å². The molecule has 0 radical (unpaired) electrons. The van der Waals surface area contributed by atoms with Gasteiger partial charge in [-0.25, -0.2) is 0 Å². The van der Waals surface area contributed by atoms with Crippen LogP contribution in [0.3, 0.4) is 0 Å². The van der Waals surface area contributed by atoms with Gasteiger partial charge in [-0.05, 0) is 31.0 Å². The summed E-state index contributed by atoms with van der Waals surface area (Å²) in [5, 5.41) is 4.72. The average molecular weight is 231 g/mol. The van der Waals surface area contributed by atoms with Crippen molar-refractivity contribution in [3.05, 3.63) is 28.2 Å². The highest BCUT2D eigenvalue weighted by Crippen LogP contribution is 2.29. The van der Waals surface area contributed by atoms with Gasteiger partial charge in [0.1, 0.15) is 0 Å². The molecule has 0 unspecified atom stereocenters. The van der Waals surface area contributed by atoms with Crippen LogP contribution in [0.5, 0.6) is 0 Å². The lowest BCUT2D eigenvalue weighted by molar-refractivity contribution is 0.374. The molecule has 0 bridgehead atoms. The molecule has 1 fully saturated rings. The molecule has 1 aliphatic carbocycles. The normalized spacial score (nSPS) is 25.6. The summed E-state index contributed by atoms with van der Waals surface area (Å²) < 4.78 is 0. The van der Waals surface area contributed by atoms with Gasteiger partial charge in [0, 0.05) is 17.1 Å². The third kappa shape index (κ3) is 2.14. The second-order valence-corrected chi connectivity index (χ2v) is 4.54. The third-order valence-electron chi connectivity index (χ3n) is 2.46. The lowest BCUT2D eigenvalue weighted by atomic mass is 9.87. The van der Waals surface area contributed by atoms with E-state index in [1.54, 1.807) is 12.1 Å². The van der Waals surface area contributed by atoms with Gasteiger partial charge in [-0.1, -0.05) is 23.2 Å². The van der Waals surface area contributed by atoms with E-state index in [9.17, 15) is 0 Å². The Balaban J connectivity index is 2.05. The molecule has 0 saturated heterocycles. The van der Waals surface area contributed by atoms with Crippen molar-refractivity contribution in [2.75, 3.05) is 5.32 Å². The molecule has 2 rings (SSSR count). The summed E-state index contributed by atoms with van der Waals surface area (Å²) in [6.07, 6.45) is 2.01. The van der Waals surface area contributed by atoms with Gasteiger partial charge in [-0.3, -0.25) is 0 Å². The zero-order valence-electron chi connectivity index (χ0n) is 7.63. The van der Waals surface area contributed by atoms with Crippen molar-refractivity contribution in [1.29, 1.82) is 0 Å². The Morgan fingerprint density at radius 3 is 2.64 bits per heavy atom. The molecule has 1 aromatic rings. The molecule has 0 heterocycles. The van der Waals surface area contributed by atoms with Gasteiger partial charge in [0.05, 0.1) is 10.7 Å². The van der Waals surface area contributed by atoms with Crippen molar-refractivity contribution in [3.63, 3.8) is 0 Å². The molecule has 0 aromatic heterocycles. The molecule has 3 N–H and O–H groups in total. The van der Waals surface area contributed by atoms with Crippen LogP contribution >= 0.6 is 23.2 Å². The minimum absolute atomic E-state index is 0.338. The van der Waals surface area contributed by atoms with Gasteiger partial charge in [0.2, 0.25) is 0 Å². The predicted molar refractivity (Wildman–Crippen MR) is 61.1 cm³/mol. The van der Waals surface area contributed by atoms with Crippen molar-refractivity contribution in [2.45, 2.75) is 24.9 Å². The number of benzene rings is 1. The van der Waals surface area contributed by atoms with Crippen molar-refractivity contribution in [3.8, 4) is 0 Å². The first kappa shape index (κ1) is 10.1. The van der Waals surface area contributed by atoms with Gasteiger partial charge in [0.25, 0.3) is 0 Å². The first-order valence-corrected chi connectivity index (χ1v) is 5.38. The quantitative estimate of drug-likeness (QED) is 0.821. The number of anilines is 1. The molecule has 2 nitrogen and oxygen atoms in total. The number of hydrogen-bond acceptors (Lipinski definition) is 2. The second-order valence-electron chi connectivity index (χ2n) is 3.70. The summed E-state index contributed by atoms with van der Waals surface area (Å²) in [6, 6.07) is 6.20. The Bertz CT molecular complexity index is 335. The van der Waals surface area contributed by atoms with Crippen molar-refractivity contribution < 1.29 is 0 Å². The summed E-state index contributed by atoms with van der Waals surface area (Å²) in [5.41, 5.74) is 6.59. The first-order chi connectivity index (χ1) is 6.65. The molecular weight excluding hydrogens is 219 g/mol. The molecule has 0 spiro atoms. The molecule has 1 aliphatic rings. The van der Waals surface area contributed by atoms with E-state index >= 15 is 0 Å². The summed E-state index contributed by atoms with van der Waals surface area (Å²) in [7, 11) is 0. The minimum Gasteiger partial charge on any atom is -0.381 e.